The zero-order valence-electron chi connectivity index (χ0n) is 75.1. The molecule has 0 saturated heterocycles. The van der Waals surface area contributed by atoms with Gasteiger partial charge in [-0.05, 0) is 392 Å². The van der Waals surface area contributed by atoms with Crippen LogP contribution in [0.3, 0.4) is 0 Å². The first kappa shape index (κ1) is 75.1. The Morgan fingerprint density at radius 3 is 0.979 bits per heavy atom. The van der Waals surface area contributed by atoms with Crippen LogP contribution in [0.1, 0.15) is 89.0 Å². The van der Waals surface area contributed by atoms with E-state index < -0.39 is 0 Å². The lowest BCUT2D eigenvalue weighted by atomic mass is 9.92. The molecule has 16 heteroatoms. The van der Waals surface area contributed by atoms with Crippen molar-refractivity contribution in [3.05, 3.63) is 430 Å². The SMILES string of the molecule is c1ccc2c(c1)Cc1cc3c(cc1-2)-c1ccc2c(c1C3)c1cccnc1n1c3cccnc3nc21.c1ccc2c(c1)Cc1cc3c(cc1-2)Cc1cc2c4cccnc4n4c5cccnc5nc4c2cc1-3.c1ccc2c(c1)Cc1ccc3c(c1-2)-c1ccc2c(c1C3)c1cccnc1n1c3cccnc3nc21.c1ccc2c(c1)Cc1ccc3c(c1-2)Cc1cc2c4cccnc4n4c5cccnc5nc4c2cc1-3. The second kappa shape index (κ2) is 27.7. The summed E-state index contributed by atoms with van der Waals surface area (Å²) in [6.45, 7) is 0. The van der Waals surface area contributed by atoms with Crippen LogP contribution in [0.15, 0.2) is 341 Å². The van der Waals surface area contributed by atoms with E-state index in [1.807, 2.05) is 73.3 Å². The lowest BCUT2D eigenvalue weighted by Crippen LogP contribution is -1.96. The van der Waals surface area contributed by atoms with Gasteiger partial charge in [-0.3, -0.25) is 17.6 Å². The van der Waals surface area contributed by atoms with Gasteiger partial charge in [-0.2, -0.15) is 0 Å². The highest BCUT2D eigenvalue weighted by Crippen LogP contribution is 2.56. The zero-order valence-corrected chi connectivity index (χ0v) is 75.1. The fourth-order valence-corrected chi connectivity index (χ4v) is 25.9. The zero-order chi connectivity index (χ0) is 90.7. The molecule has 8 aliphatic carbocycles. The molecule has 0 spiro atoms. The van der Waals surface area contributed by atoms with E-state index in [2.05, 4.69) is 280 Å². The first-order valence-electron chi connectivity index (χ1n) is 48.2. The highest BCUT2D eigenvalue weighted by atomic mass is 15.1. The molecule has 8 aliphatic rings. The van der Waals surface area contributed by atoms with Gasteiger partial charge >= 0.3 is 0 Å². The summed E-state index contributed by atoms with van der Waals surface area (Å²) in [7, 11) is 0. The van der Waals surface area contributed by atoms with Gasteiger partial charge in [0.15, 0.2) is 22.6 Å². The number of hydrogen-bond acceptors (Lipinski definition) is 12. The second-order valence-electron chi connectivity index (χ2n) is 38.7. The van der Waals surface area contributed by atoms with Crippen molar-refractivity contribution in [3.8, 4) is 89.0 Å². The molecule has 12 aromatic carbocycles. The molecular weight excluding hydrogens is 1710 g/mol. The van der Waals surface area contributed by atoms with E-state index >= 15 is 0 Å². The van der Waals surface area contributed by atoms with Crippen molar-refractivity contribution in [1.82, 2.24) is 77.4 Å². The number of rotatable bonds is 0. The summed E-state index contributed by atoms with van der Waals surface area (Å²) in [5.41, 5.74) is 59.2. The Labute approximate surface area is 796 Å². The Bertz CT molecular complexity index is 10700. The third kappa shape index (κ3) is 10.3. The predicted octanol–water partition coefficient (Wildman–Crippen LogP) is 26.9. The molecule has 0 atom stereocenters. The van der Waals surface area contributed by atoms with E-state index in [9.17, 15) is 0 Å². The Morgan fingerprint density at radius 2 is 0.457 bits per heavy atom. The molecule has 0 unspecified atom stereocenters. The predicted molar refractivity (Wildman–Crippen MR) is 559 cm³/mol. The van der Waals surface area contributed by atoms with Crippen LogP contribution >= 0.6 is 0 Å². The molecule has 140 heavy (non-hydrogen) atoms. The summed E-state index contributed by atoms with van der Waals surface area (Å²) >= 11 is 0. The molecular formula is C124H72N16. The Hall–Kier alpha value is -18.3. The third-order valence-electron chi connectivity index (χ3n) is 31.7. The highest BCUT2D eigenvalue weighted by Gasteiger charge is 2.36. The molecule has 0 radical (unpaired) electrons. The lowest BCUT2D eigenvalue weighted by molar-refractivity contribution is 1.21. The van der Waals surface area contributed by atoms with Crippen LogP contribution in [0.2, 0.25) is 0 Å². The van der Waals surface area contributed by atoms with Crippen LogP contribution in [0.4, 0.5) is 0 Å². The minimum atomic E-state index is 0.752. The smallest absolute Gasteiger partial charge is 0.178 e. The van der Waals surface area contributed by atoms with E-state index in [4.69, 9.17) is 39.9 Å². The first-order valence-corrected chi connectivity index (χ1v) is 48.2. The van der Waals surface area contributed by atoms with Crippen molar-refractivity contribution < 1.29 is 0 Å². The fourth-order valence-electron chi connectivity index (χ4n) is 25.9. The van der Waals surface area contributed by atoms with Crippen molar-refractivity contribution in [2.24, 2.45) is 0 Å². The first-order chi connectivity index (χ1) is 69.4. The molecule has 0 saturated carbocycles. The summed E-state index contributed by atoms with van der Waals surface area (Å²) in [5, 5.41) is 14.2. The summed E-state index contributed by atoms with van der Waals surface area (Å²) in [6.07, 6.45) is 22.5. The van der Waals surface area contributed by atoms with Crippen LogP contribution in [-0.4, -0.2) is 77.4 Å². The summed E-state index contributed by atoms with van der Waals surface area (Å²) < 4.78 is 8.67. The Morgan fingerprint density at radius 1 is 0.157 bits per heavy atom. The summed E-state index contributed by atoms with van der Waals surface area (Å²) in [5.74, 6) is 0. The number of nitrogens with zero attached hydrogens (tertiary/aromatic N) is 16. The summed E-state index contributed by atoms with van der Waals surface area (Å²) in [6, 6.07) is 106. The maximum absolute atomic E-state index is 4.97. The second-order valence-corrected chi connectivity index (χ2v) is 38.7. The van der Waals surface area contributed by atoms with E-state index in [1.165, 1.54) is 210 Å². The van der Waals surface area contributed by atoms with Gasteiger partial charge in [0.25, 0.3) is 0 Å². The molecule has 0 fully saturated rings. The molecule has 16 nitrogen and oxygen atoms in total. The van der Waals surface area contributed by atoms with Gasteiger partial charge in [-0.25, -0.2) is 59.8 Å². The number of aromatic nitrogens is 16. The van der Waals surface area contributed by atoms with Gasteiger partial charge in [0.05, 0.1) is 22.1 Å². The van der Waals surface area contributed by atoms with Crippen molar-refractivity contribution in [2.45, 2.75) is 51.4 Å². The largest absolute Gasteiger partial charge is 0.274 e. The molecule has 0 bridgehead atoms. The van der Waals surface area contributed by atoms with Crippen molar-refractivity contribution >= 4 is 154 Å². The lowest BCUT2D eigenvalue weighted by Gasteiger charge is -2.13. The van der Waals surface area contributed by atoms with Gasteiger partial charge in [-0.1, -0.05) is 140 Å². The molecule has 648 valence electrons. The maximum Gasteiger partial charge on any atom is 0.178 e. The van der Waals surface area contributed by atoms with Gasteiger partial charge in [-0.15, -0.1) is 0 Å². The van der Waals surface area contributed by atoms with E-state index in [-0.39, 0.29) is 0 Å². The van der Waals surface area contributed by atoms with Crippen molar-refractivity contribution in [3.63, 3.8) is 0 Å². The molecule has 0 amide bonds. The number of benzene rings is 12. The molecule has 0 N–H and O–H groups in total. The van der Waals surface area contributed by atoms with Crippen LogP contribution < -0.4 is 0 Å². The average Bonchev–Trinajstić information content (AvgIpc) is 1.52. The standard InChI is InChI=1S/4C31H18N4/c1-2-6-20-17(5-1)15-18-9-10-19-16-24-21(27(19)26(18)20)11-12-23-28(24)22-7-3-14-33-30(22)35-25-8-4-13-32-29(25)34-31(23)35;1-2-6-20-17(5-1)13-18-14-19-15-26-21(25(19)16-24(18)20)9-10-23-28(26)22-7-3-12-33-30(22)35-27-8-4-11-32-29(27)34-31(23)35;1-2-6-20-17(5-1)13-18-9-10-21-23-16-26-24(14-19(23)15-25(21)28(18)20)22-7-3-12-33-30(22)35-27-8-4-11-32-29(27)34-31(26)35;1-2-6-21-17(5-1)11-18-14-24-19(13-23(18)21)12-20-15-26-22-7-3-10-33-30(22)35-28-8-4-9-32-29(28)34-31(35)27(26)16-25(20)24/h1-14H,15-16H2;2*1-12,14,16H,13,15H2;1-10,13-16H,11-12H2. The molecule has 28 aromatic rings. The van der Waals surface area contributed by atoms with Crippen molar-refractivity contribution in [2.75, 3.05) is 0 Å². The third-order valence-corrected chi connectivity index (χ3v) is 31.7. The van der Waals surface area contributed by atoms with Crippen LogP contribution in [0.5, 0.6) is 0 Å². The normalized spacial score (nSPS) is 13.5. The number of fused-ring (bicyclic) bond motifs is 60. The maximum atomic E-state index is 4.97. The minimum Gasteiger partial charge on any atom is -0.274 e. The number of pyridine rings is 12. The van der Waals surface area contributed by atoms with E-state index in [0.29, 0.717) is 0 Å². The quantitative estimate of drug-likeness (QED) is 0.132. The minimum absolute atomic E-state index is 0.752. The van der Waals surface area contributed by atoms with Gasteiger partial charge in [0.1, 0.15) is 45.2 Å². The Balaban J connectivity index is 0.0000000829. The summed E-state index contributed by atoms with van der Waals surface area (Å²) in [4.78, 5) is 57.2. The fraction of sp³-hybridized carbons (Fsp3) is 0.0645. The molecule has 16 aromatic heterocycles. The van der Waals surface area contributed by atoms with Gasteiger partial charge in [0, 0.05) is 103 Å². The molecule has 16 heterocycles. The van der Waals surface area contributed by atoms with E-state index in [0.717, 1.165) is 174 Å². The highest BCUT2D eigenvalue weighted by molar-refractivity contribution is 6.21. The topological polar surface area (TPSA) is 172 Å². The van der Waals surface area contributed by atoms with Crippen LogP contribution in [-0.2, 0) is 51.4 Å². The number of imidazole rings is 4. The average molecular weight is 1790 g/mol. The molecule has 0 aliphatic heterocycles. The van der Waals surface area contributed by atoms with Gasteiger partial charge in [0.2, 0.25) is 0 Å². The monoisotopic (exact) mass is 1780 g/mol. The molecule has 36 rings (SSSR count). The van der Waals surface area contributed by atoms with Crippen LogP contribution in [0.25, 0.3) is 243 Å². The van der Waals surface area contributed by atoms with Crippen LogP contribution in [0, 0.1) is 0 Å². The van der Waals surface area contributed by atoms with E-state index in [1.54, 1.807) is 24.8 Å². The Kier molecular flexibility index (Phi) is 14.9. The van der Waals surface area contributed by atoms with Crippen molar-refractivity contribution in [1.29, 1.82) is 0 Å². The van der Waals surface area contributed by atoms with Gasteiger partial charge < -0.3 is 0 Å². The number of hydrogen-bond donors (Lipinski definition) is 0.